The SMILES string of the molecule is c1ccc(-c2ccccc2N(c2ccc(-c3ccc(-c4cccc5c4oc4ccccc45)cc3)cc2)c2cccc(-c3ccccc3-n3c4ccccc4c4ccccc43)c2)cc1. The molecule has 0 N–H and O–H groups in total. The van der Waals surface area contributed by atoms with Crippen LogP contribution in [-0.4, -0.2) is 4.57 Å². The van der Waals surface area contributed by atoms with Gasteiger partial charge in [0.05, 0.1) is 22.4 Å². The van der Waals surface area contributed by atoms with Crippen molar-refractivity contribution in [3.8, 4) is 50.2 Å². The van der Waals surface area contributed by atoms with Crippen molar-refractivity contribution in [1.29, 1.82) is 0 Å². The van der Waals surface area contributed by atoms with Crippen LogP contribution in [0, 0.1) is 0 Å². The lowest BCUT2D eigenvalue weighted by molar-refractivity contribution is 0.670. The van der Waals surface area contributed by atoms with E-state index in [-0.39, 0.29) is 0 Å². The third-order valence-electron chi connectivity index (χ3n) is 12.4. The van der Waals surface area contributed by atoms with Crippen LogP contribution in [0.1, 0.15) is 0 Å². The second kappa shape index (κ2) is 15.3. The van der Waals surface area contributed by atoms with Gasteiger partial charge in [-0.25, -0.2) is 0 Å². The second-order valence-corrected chi connectivity index (χ2v) is 16.1. The summed E-state index contributed by atoms with van der Waals surface area (Å²) in [5.41, 5.74) is 17.8. The van der Waals surface area contributed by atoms with Gasteiger partial charge in [0.15, 0.2) is 0 Å². The molecule has 0 radical (unpaired) electrons. The van der Waals surface area contributed by atoms with E-state index in [1.165, 1.54) is 27.4 Å². The molecule has 0 fully saturated rings. The van der Waals surface area contributed by atoms with E-state index in [1.54, 1.807) is 0 Å². The monoisotopic (exact) mass is 804 g/mol. The Bertz CT molecular complexity index is 3560. The Kier molecular flexibility index (Phi) is 8.83. The number of hydrogen-bond acceptors (Lipinski definition) is 2. The van der Waals surface area contributed by atoms with Crippen molar-refractivity contribution < 1.29 is 4.42 Å². The molecule has 3 heteroatoms. The van der Waals surface area contributed by atoms with Crippen LogP contribution in [0.3, 0.4) is 0 Å². The lowest BCUT2D eigenvalue weighted by Crippen LogP contribution is -2.11. The van der Waals surface area contributed by atoms with Crippen molar-refractivity contribution in [2.45, 2.75) is 0 Å². The highest BCUT2D eigenvalue weighted by Gasteiger charge is 2.20. The minimum absolute atomic E-state index is 0.910. The molecule has 3 nitrogen and oxygen atoms in total. The van der Waals surface area contributed by atoms with Crippen molar-refractivity contribution in [3.05, 3.63) is 243 Å². The van der Waals surface area contributed by atoms with Crippen molar-refractivity contribution >= 4 is 60.8 Å². The van der Waals surface area contributed by atoms with Gasteiger partial charge < -0.3 is 13.9 Å². The topological polar surface area (TPSA) is 21.3 Å². The molecular weight excluding hydrogens is 765 g/mol. The zero-order valence-electron chi connectivity index (χ0n) is 34.4. The maximum Gasteiger partial charge on any atom is 0.143 e. The first kappa shape index (κ1) is 36.5. The van der Waals surface area contributed by atoms with E-state index in [1.807, 2.05) is 12.1 Å². The molecule has 63 heavy (non-hydrogen) atoms. The first-order chi connectivity index (χ1) is 31.3. The molecule has 0 aliphatic rings. The molecule has 0 unspecified atom stereocenters. The number of rotatable bonds is 8. The summed E-state index contributed by atoms with van der Waals surface area (Å²) in [5, 5.41) is 4.78. The third kappa shape index (κ3) is 6.29. The van der Waals surface area contributed by atoms with Crippen LogP contribution in [-0.2, 0) is 0 Å². The molecular formula is C60H40N2O. The van der Waals surface area contributed by atoms with Gasteiger partial charge in [-0.15, -0.1) is 0 Å². The van der Waals surface area contributed by atoms with Crippen LogP contribution in [0.15, 0.2) is 247 Å². The summed E-state index contributed by atoms with van der Waals surface area (Å²) in [7, 11) is 0. The summed E-state index contributed by atoms with van der Waals surface area (Å²) >= 11 is 0. The largest absolute Gasteiger partial charge is 0.455 e. The average molecular weight is 805 g/mol. The Morgan fingerprint density at radius 2 is 0.841 bits per heavy atom. The molecule has 10 aromatic carbocycles. The average Bonchev–Trinajstić information content (AvgIpc) is 3.91. The first-order valence-electron chi connectivity index (χ1n) is 21.5. The number of furan rings is 1. The van der Waals surface area contributed by atoms with Crippen LogP contribution >= 0.6 is 0 Å². The number of nitrogens with zero attached hydrogens (tertiary/aromatic N) is 2. The molecule has 0 saturated heterocycles. The summed E-state index contributed by atoms with van der Waals surface area (Å²) < 4.78 is 8.79. The molecule has 296 valence electrons. The van der Waals surface area contributed by atoms with Gasteiger partial charge in [-0.05, 0) is 82.4 Å². The second-order valence-electron chi connectivity index (χ2n) is 16.1. The Hall–Kier alpha value is -8.40. The van der Waals surface area contributed by atoms with Crippen LogP contribution in [0.25, 0.3) is 93.9 Å². The lowest BCUT2D eigenvalue weighted by Gasteiger charge is -2.28. The summed E-state index contributed by atoms with van der Waals surface area (Å²) in [5.74, 6) is 0. The summed E-state index contributed by atoms with van der Waals surface area (Å²) in [6.45, 7) is 0. The number of fused-ring (bicyclic) bond motifs is 6. The Morgan fingerprint density at radius 3 is 1.60 bits per heavy atom. The van der Waals surface area contributed by atoms with Gasteiger partial charge in [0.2, 0.25) is 0 Å². The molecule has 0 aliphatic carbocycles. The predicted octanol–water partition coefficient (Wildman–Crippen LogP) is 16.8. The Labute approximate surface area is 366 Å². The lowest BCUT2D eigenvalue weighted by atomic mass is 9.98. The first-order valence-corrected chi connectivity index (χ1v) is 21.5. The molecule has 0 aliphatic heterocycles. The molecule has 0 spiro atoms. The van der Waals surface area contributed by atoms with Gasteiger partial charge >= 0.3 is 0 Å². The van der Waals surface area contributed by atoms with Gasteiger partial charge in [-0.2, -0.15) is 0 Å². The fraction of sp³-hybridized carbons (Fsp3) is 0. The standard InChI is InChI=1S/C60H40N2O/c1-2-16-43(17-3-1)48-20-4-9-27-55(48)61(46-38-36-42(37-39-46)41-32-34-44(35-33-41)50-25-15-26-54-53-24-8-13-31-59(53)63-60(50)54)47-19-14-18-45(40-47)49-21-5-10-28-56(49)62-57-29-11-6-22-51(57)52-23-7-12-30-58(52)62/h1-40H. The van der Waals surface area contributed by atoms with Gasteiger partial charge in [0.25, 0.3) is 0 Å². The molecule has 0 saturated carbocycles. The van der Waals surface area contributed by atoms with E-state index in [2.05, 4.69) is 240 Å². The van der Waals surface area contributed by atoms with Crippen molar-refractivity contribution in [2.24, 2.45) is 0 Å². The van der Waals surface area contributed by atoms with E-state index in [0.29, 0.717) is 0 Å². The van der Waals surface area contributed by atoms with Gasteiger partial charge in [0.1, 0.15) is 11.2 Å². The fourth-order valence-corrected chi connectivity index (χ4v) is 9.48. The fourth-order valence-electron chi connectivity index (χ4n) is 9.48. The molecule has 0 atom stereocenters. The smallest absolute Gasteiger partial charge is 0.143 e. The summed E-state index contributed by atoms with van der Waals surface area (Å²) in [4.78, 5) is 2.40. The summed E-state index contributed by atoms with van der Waals surface area (Å²) in [6, 6.07) is 87.1. The van der Waals surface area contributed by atoms with Crippen molar-refractivity contribution in [2.75, 3.05) is 4.90 Å². The summed E-state index contributed by atoms with van der Waals surface area (Å²) in [6.07, 6.45) is 0. The molecule has 12 aromatic rings. The maximum atomic E-state index is 6.38. The van der Waals surface area contributed by atoms with E-state index >= 15 is 0 Å². The highest BCUT2D eigenvalue weighted by atomic mass is 16.3. The van der Waals surface area contributed by atoms with Crippen LogP contribution in [0.4, 0.5) is 17.1 Å². The van der Waals surface area contributed by atoms with E-state index in [9.17, 15) is 0 Å². The van der Waals surface area contributed by atoms with E-state index < -0.39 is 0 Å². The zero-order valence-corrected chi connectivity index (χ0v) is 34.4. The van der Waals surface area contributed by atoms with Gasteiger partial charge in [-0.3, -0.25) is 0 Å². The number of para-hydroxylation sites is 6. The van der Waals surface area contributed by atoms with Crippen molar-refractivity contribution in [3.63, 3.8) is 0 Å². The number of aromatic nitrogens is 1. The predicted molar refractivity (Wildman–Crippen MR) is 264 cm³/mol. The van der Waals surface area contributed by atoms with Crippen molar-refractivity contribution in [1.82, 2.24) is 4.57 Å². The Morgan fingerprint density at radius 1 is 0.317 bits per heavy atom. The minimum Gasteiger partial charge on any atom is -0.455 e. The zero-order chi connectivity index (χ0) is 41.7. The normalized spacial score (nSPS) is 11.5. The number of hydrogen-bond donors (Lipinski definition) is 0. The maximum absolute atomic E-state index is 6.38. The van der Waals surface area contributed by atoms with Crippen LogP contribution < -0.4 is 4.90 Å². The van der Waals surface area contributed by atoms with E-state index in [4.69, 9.17) is 4.42 Å². The molecule has 0 amide bonds. The Balaban J connectivity index is 0.953. The van der Waals surface area contributed by atoms with Gasteiger partial charge in [-0.1, -0.05) is 188 Å². The van der Waals surface area contributed by atoms with Gasteiger partial charge in [0, 0.05) is 49.6 Å². The molecule has 2 heterocycles. The molecule has 2 aromatic heterocycles. The number of anilines is 3. The highest BCUT2D eigenvalue weighted by molar-refractivity contribution is 6.11. The van der Waals surface area contributed by atoms with Crippen LogP contribution in [0.5, 0.6) is 0 Å². The molecule has 0 bridgehead atoms. The highest BCUT2D eigenvalue weighted by Crippen LogP contribution is 2.44. The molecule has 12 rings (SSSR count). The van der Waals surface area contributed by atoms with Crippen LogP contribution in [0.2, 0.25) is 0 Å². The van der Waals surface area contributed by atoms with E-state index in [0.717, 1.165) is 83.6 Å². The third-order valence-corrected chi connectivity index (χ3v) is 12.4. The quantitative estimate of drug-likeness (QED) is 0.153. The minimum atomic E-state index is 0.910. The number of benzene rings is 10.